The fourth-order valence-corrected chi connectivity index (χ4v) is 2.44. The molecule has 1 rings (SSSR count). The van der Waals surface area contributed by atoms with E-state index < -0.39 is 11.5 Å². The Morgan fingerprint density at radius 3 is 2.44 bits per heavy atom. The number of carboxylic acids is 1. The van der Waals surface area contributed by atoms with Gasteiger partial charge in [-0.2, -0.15) is 0 Å². The number of carbonyl (C=O) groups is 1. The Morgan fingerprint density at radius 1 is 1.44 bits per heavy atom. The molecule has 1 atom stereocenters. The molecule has 0 aromatic rings. The number of likely N-dealkylation sites (tertiary alicyclic amines) is 1. The summed E-state index contributed by atoms with van der Waals surface area (Å²) in [7, 11) is 4.26. The molecule has 0 bridgehead atoms. The zero-order valence-corrected chi connectivity index (χ0v) is 11.9. The van der Waals surface area contributed by atoms with Crippen LogP contribution < -0.4 is 5.73 Å². The van der Waals surface area contributed by atoms with E-state index in [0.717, 1.165) is 26.1 Å². The lowest BCUT2D eigenvalue weighted by Crippen LogP contribution is -2.46. The number of rotatable bonds is 6. The lowest BCUT2D eigenvalue weighted by Gasteiger charge is -2.35. The van der Waals surface area contributed by atoms with E-state index in [1.807, 2.05) is 0 Å². The largest absolute Gasteiger partial charge is 0.480 e. The van der Waals surface area contributed by atoms with Gasteiger partial charge in [-0.15, -0.1) is 0 Å². The molecule has 18 heavy (non-hydrogen) atoms. The molecule has 0 amide bonds. The maximum absolute atomic E-state index is 10.9. The van der Waals surface area contributed by atoms with E-state index in [4.69, 9.17) is 10.8 Å². The number of hydrogen-bond donors (Lipinski definition) is 2. The van der Waals surface area contributed by atoms with E-state index in [9.17, 15) is 4.79 Å². The van der Waals surface area contributed by atoms with Crippen LogP contribution in [-0.2, 0) is 4.79 Å². The third kappa shape index (κ3) is 4.55. The van der Waals surface area contributed by atoms with Gasteiger partial charge in [0.2, 0.25) is 0 Å². The summed E-state index contributed by atoms with van der Waals surface area (Å²) in [6, 6.07) is 0.694. The van der Waals surface area contributed by atoms with Gasteiger partial charge in [-0.05, 0) is 66.3 Å². The van der Waals surface area contributed by atoms with Crippen molar-refractivity contribution in [1.29, 1.82) is 0 Å². The van der Waals surface area contributed by atoms with Gasteiger partial charge < -0.3 is 20.6 Å². The molecule has 0 aromatic heterocycles. The smallest absolute Gasteiger partial charge is 0.323 e. The molecule has 1 heterocycles. The normalized spacial score (nSPS) is 22.1. The monoisotopic (exact) mass is 257 g/mol. The summed E-state index contributed by atoms with van der Waals surface area (Å²) in [5.41, 5.74) is 4.63. The molecule has 1 aliphatic heterocycles. The van der Waals surface area contributed by atoms with Crippen molar-refractivity contribution in [3.63, 3.8) is 0 Å². The second-order valence-corrected chi connectivity index (χ2v) is 5.86. The zero-order chi connectivity index (χ0) is 13.8. The molecule has 0 saturated carbocycles. The topological polar surface area (TPSA) is 69.8 Å². The van der Waals surface area contributed by atoms with Crippen molar-refractivity contribution < 1.29 is 9.90 Å². The summed E-state index contributed by atoms with van der Waals surface area (Å²) >= 11 is 0. The van der Waals surface area contributed by atoms with Gasteiger partial charge in [0, 0.05) is 6.04 Å². The number of piperidine rings is 1. The molecule has 0 aliphatic carbocycles. The van der Waals surface area contributed by atoms with Crippen LogP contribution in [-0.4, -0.2) is 66.2 Å². The van der Waals surface area contributed by atoms with Crippen LogP contribution in [0.3, 0.4) is 0 Å². The van der Waals surface area contributed by atoms with Crippen LogP contribution in [0.25, 0.3) is 0 Å². The second-order valence-electron chi connectivity index (χ2n) is 5.86. The molecule has 0 aromatic carbocycles. The van der Waals surface area contributed by atoms with E-state index in [2.05, 4.69) is 23.9 Å². The summed E-state index contributed by atoms with van der Waals surface area (Å²) in [6.45, 7) is 4.77. The molecule has 1 aliphatic rings. The highest BCUT2D eigenvalue weighted by molar-refractivity contribution is 5.77. The predicted octanol–water partition coefficient (Wildman–Crippen LogP) is 0.595. The summed E-state index contributed by atoms with van der Waals surface area (Å²) < 4.78 is 0. The minimum Gasteiger partial charge on any atom is -0.480 e. The summed E-state index contributed by atoms with van der Waals surface area (Å²) in [6.07, 6.45) is 3.79. The maximum Gasteiger partial charge on any atom is 0.323 e. The van der Waals surface area contributed by atoms with Crippen molar-refractivity contribution in [2.45, 2.75) is 44.2 Å². The number of nitrogens with two attached hydrogens (primary N) is 1. The van der Waals surface area contributed by atoms with Gasteiger partial charge in [0.05, 0.1) is 0 Å². The minimum atomic E-state index is -1.08. The third-order valence-corrected chi connectivity index (χ3v) is 3.95. The lowest BCUT2D eigenvalue weighted by molar-refractivity contribution is -0.142. The second kappa shape index (κ2) is 6.50. The first-order chi connectivity index (χ1) is 8.33. The molecule has 1 fully saturated rings. The first-order valence-corrected chi connectivity index (χ1v) is 6.74. The number of hydrogen-bond acceptors (Lipinski definition) is 4. The Kier molecular flexibility index (Phi) is 5.56. The van der Waals surface area contributed by atoms with E-state index in [1.165, 1.54) is 12.8 Å². The van der Waals surface area contributed by atoms with Crippen molar-refractivity contribution in [3.8, 4) is 0 Å². The molecule has 3 N–H and O–H groups in total. The number of aliphatic carboxylic acids is 1. The fourth-order valence-electron chi connectivity index (χ4n) is 2.44. The van der Waals surface area contributed by atoms with Crippen molar-refractivity contribution in [1.82, 2.24) is 9.80 Å². The molecule has 0 radical (unpaired) electrons. The maximum atomic E-state index is 10.9. The highest BCUT2D eigenvalue weighted by atomic mass is 16.4. The van der Waals surface area contributed by atoms with E-state index in [1.54, 1.807) is 6.92 Å². The van der Waals surface area contributed by atoms with Crippen LogP contribution in [0.15, 0.2) is 0 Å². The van der Waals surface area contributed by atoms with Crippen molar-refractivity contribution in [3.05, 3.63) is 0 Å². The van der Waals surface area contributed by atoms with Crippen LogP contribution in [0, 0.1) is 0 Å². The van der Waals surface area contributed by atoms with Gasteiger partial charge in [-0.3, -0.25) is 4.79 Å². The Balaban J connectivity index is 2.21. The first-order valence-electron chi connectivity index (χ1n) is 6.74. The number of carboxylic acid groups (broad SMARTS) is 1. The fraction of sp³-hybridized carbons (Fsp3) is 0.923. The minimum absolute atomic E-state index is 0.538. The molecule has 0 spiro atoms. The average molecular weight is 257 g/mol. The van der Waals surface area contributed by atoms with E-state index in [0.29, 0.717) is 12.5 Å². The van der Waals surface area contributed by atoms with Gasteiger partial charge >= 0.3 is 5.97 Å². The summed E-state index contributed by atoms with van der Waals surface area (Å²) in [5, 5.41) is 8.93. The van der Waals surface area contributed by atoms with Crippen molar-refractivity contribution >= 4 is 5.97 Å². The highest BCUT2D eigenvalue weighted by Gasteiger charge is 2.27. The Bertz CT molecular complexity index is 271. The molecule has 1 unspecified atom stereocenters. The third-order valence-electron chi connectivity index (χ3n) is 3.95. The Labute approximate surface area is 110 Å². The van der Waals surface area contributed by atoms with Crippen molar-refractivity contribution in [2.24, 2.45) is 5.73 Å². The molecular formula is C13H27N3O2. The summed E-state index contributed by atoms with van der Waals surface area (Å²) in [5.74, 6) is -0.909. The van der Waals surface area contributed by atoms with Crippen LogP contribution in [0.1, 0.15) is 32.6 Å². The molecule has 1 saturated heterocycles. The first kappa shape index (κ1) is 15.4. The molecule has 106 valence electrons. The van der Waals surface area contributed by atoms with Crippen molar-refractivity contribution in [2.75, 3.05) is 33.7 Å². The molecule has 5 heteroatoms. The lowest BCUT2D eigenvalue weighted by atomic mass is 9.97. The van der Waals surface area contributed by atoms with Gasteiger partial charge in [0.15, 0.2) is 0 Å². The van der Waals surface area contributed by atoms with Gasteiger partial charge in [0.25, 0.3) is 0 Å². The quantitative estimate of drug-likeness (QED) is 0.729. The van der Waals surface area contributed by atoms with Crippen LogP contribution in [0.4, 0.5) is 0 Å². The Hall–Kier alpha value is -0.650. The van der Waals surface area contributed by atoms with Crippen LogP contribution >= 0.6 is 0 Å². The summed E-state index contributed by atoms with van der Waals surface area (Å²) in [4.78, 5) is 15.6. The predicted molar refractivity (Wildman–Crippen MR) is 72.6 cm³/mol. The standard InChI is InChI=1S/C13H27N3O2/c1-13(14,12(17)18)7-4-8-16-9-5-11(6-10-16)15(2)3/h11H,4-10,14H2,1-3H3,(H,17,18). The van der Waals surface area contributed by atoms with Gasteiger partial charge in [0.1, 0.15) is 5.54 Å². The molecule has 5 nitrogen and oxygen atoms in total. The number of nitrogens with zero attached hydrogens (tertiary/aromatic N) is 2. The van der Waals surface area contributed by atoms with Gasteiger partial charge in [-0.1, -0.05) is 0 Å². The van der Waals surface area contributed by atoms with E-state index in [-0.39, 0.29) is 0 Å². The van der Waals surface area contributed by atoms with Crippen LogP contribution in [0.5, 0.6) is 0 Å². The SMILES string of the molecule is CN(C)C1CCN(CCCC(C)(N)C(=O)O)CC1. The zero-order valence-electron chi connectivity index (χ0n) is 11.9. The van der Waals surface area contributed by atoms with Gasteiger partial charge in [-0.25, -0.2) is 0 Å². The van der Waals surface area contributed by atoms with Crippen LogP contribution in [0.2, 0.25) is 0 Å². The highest BCUT2D eigenvalue weighted by Crippen LogP contribution is 2.16. The average Bonchev–Trinajstić information content (AvgIpc) is 2.29. The molecular weight excluding hydrogens is 230 g/mol. The van der Waals surface area contributed by atoms with E-state index >= 15 is 0 Å². The Morgan fingerprint density at radius 2 is 2.00 bits per heavy atom.